The fourth-order valence-electron chi connectivity index (χ4n) is 4.36. The van der Waals surface area contributed by atoms with Crippen LogP contribution in [0.3, 0.4) is 0 Å². The van der Waals surface area contributed by atoms with E-state index in [1.807, 2.05) is 30.3 Å². The molecule has 0 aliphatic carbocycles. The fourth-order valence-corrected chi connectivity index (χ4v) is 4.36. The molecule has 4 rings (SSSR count). The molecule has 8 nitrogen and oxygen atoms in total. The van der Waals surface area contributed by atoms with Crippen molar-refractivity contribution in [1.82, 2.24) is 14.6 Å². The number of aliphatic hydroxyl groups is 1. The quantitative estimate of drug-likeness (QED) is 0.478. The first kappa shape index (κ1) is 21.2. The number of methoxy groups -OCH3 is 1. The number of benzene rings is 1. The second-order valence-electron chi connectivity index (χ2n) is 7.53. The number of aromatic nitrogens is 2. The molecule has 1 atom stereocenters. The Hall–Kier alpha value is -3.07. The summed E-state index contributed by atoms with van der Waals surface area (Å²) in [6, 6.07) is 11.5. The second-order valence-corrected chi connectivity index (χ2v) is 7.53. The maximum Gasteiger partial charge on any atom is 0.282 e. The molecule has 0 fully saturated rings. The van der Waals surface area contributed by atoms with Crippen LogP contribution in [0.2, 0.25) is 0 Å². The Morgan fingerprint density at radius 2 is 2.03 bits per heavy atom. The van der Waals surface area contributed by atoms with Gasteiger partial charge in [-0.15, -0.1) is 0 Å². The molecule has 0 radical (unpaired) electrons. The Morgan fingerprint density at radius 1 is 1.29 bits per heavy atom. The van der Waals surface area contributed by atoms with Crippen LogP contribution in [-0.4, -0.2) is 46.9 Å². The van der Waals surface area contributed by atoms with Gasteiger partial charge >= 0.3 is 0 Å². The highest BCUT2D eigenvalue weighted by Gasteiger charge is 2.44. The van der Waals surface area contributed by atoms with Gasteiger partial charge in [0.15, 0.2) is 5.60 Å². The van der Waals surface area contributed by atoms with Gasteiger partial charge in [0.2, 0.25) is 0 Å². The summed E-state index contributed by atoms with van der Waals surface area (Å²) in [4.78, 5) is 36.5. The number of carbonyl (C=O) groups excluding carboxylic acids is 1. The third-order valence-electron chi connectivity index (χ3n) is 6.12. The molecule has 1 unspecified atom stereocenters. The Bertz CT molecular complexity index is 1230. The molecule has 162 valence electrons. The van der Waals surface area contributed by atoms with Crippen molar-refractivity contribution >= 4 is 16.8 Å². The third-order valence-corrected chi connectivity index (χ3v) is 6.12. The zero-order chi connectivity index (χ0) is 22.3. The number of ether oxygens (including phenoxy) is 1. The topological polar surface area (TPSA) is 93.9 Å². The van der Waals surface area contributed by atoms with Gasteiger partial charge in [0, 0.05) is 36.2 Å². The number of pyridine rings is 2. The Balaban J connectivity index is 2.01. The van der Waals surface area contributed by atoms with Gasteiger partial charge < -0.3 is 14.4 Å². The van der Waals surface area contributed by atoms with Gasteiger partial charge in [0.25, 0.3) is 11.5 Å². The van der Waals surface area contributed by atoms with Crippen molar-refractivity contribution < 1.29 is 19.5 Å². The maximum atomic E-state index is 13.4. The zero-order valence-corrected chi connectivity index (χ0v) is 18.0. The number of hydrogen-bond donors (Lipinski definition) is 1. The van der Waals surface area contributed by atoms with E-state index in [1.165, 1.54) is 21.3 Å². The van der Waals surface area contributed by atoms with Crippen molar-refractivity contribution in [3.63, 3.8) is 0 Å². The van der Waals surface area contributed by atoms with Crippen LogP contribution in [0.4, 0.5) is 0 Å². The number of para-hydroxylation sites is 1. The molecule has 31 heavy (non-hydrogen) atoms. The van der Waals surface area contributed by atoms with E-state index in [2.05, 4.69) is 0 Å². The molecule has 1 aliphatic rings. The number of carbonyl (C=O) groups is 1. The molecule has 8 heteroatoms. The number of aliphatic hydroxyl groups excluding tert-OH is 1. The first-order chi connectivity index (χ1) is 14.9. The Morgan fingerprint density at radius 3 is 2.68 bits per heavy atom. The fraction of sp³-hybridized carbons (Fsp3) is 0.348. The lowest BCUT2D eigenvalue weighted by molar-refractivity contribution is -0.193. The highest BCUT2D eigenvalue weighted by molar-refractivity contribution is 5.87. The number of rotatable bonds is 6. The summed E-state index contributed by atoms with van der Waals surface area (Å²) >= 11 is 0. The smallest absolute Gasteiger partial charge is 0.282 e. The van der Waals surface area contributed by atoms with Gasteiger partial charge in [-0.3, -0.25) is 14.4 Å². The third kappa shape index (κ3) is 3.06. The van der Waals surface area contributed by atoms with E-state index in [9.17, 15) is 14.7 Å². The van der Waals surface area contributed by atoms with Crippen LogP contribution >= 0.6 is 0 Å². The van der Waals surface area contributed by atoms with Gasteiger partial charge in [-0.25, -0.2) is 10.0 Å². The molecule has 0 spiro atoms. The average molecular weight is 423 g/mol. The van der Waals surface area contributed by atoms with Gasteiger partial charge in [0.05, 0.1) is 37.2 Å². The highest BCUT2D eigenvalue weighted by Crippen LogP contribution is 2.38. The van der Waals surface area contributed by atoms with Crippen molar-refractivity contribution in [2.75, 3.05) is 21.3 Å². The van der Waals surface area contributed by atoms with E-state index in [1.54, 1.807) is 17.6 Å². The molecular formula is C23H25N3O5. The number of nitrogens with zero attached hydrogens (tertiary/aromatic N) is 3. The monoisotopic (exact) mass is 423 g/mol. The SMILES string of the molecule is CCC(OC)(C(=O)N(C)OC)c1cc2n(c(=O)c1CO)Cc1cc3ccccc3nc1-2. The van der Waals surface area contributed by atoms with Crippen LogP contribution in [0.15, 0.2) is 41.2 Å². The lowest BCUT2D eigenvalue weighted by atomic mass is 9.86. The van der Waals surface area contributed by atoms with Crippen molar-refractivity contribution in [3.8, 4) is 11.4 Å². The molecule has 3 heterocycles. The van der Waals surface area contributed by atoms with Crippen molar-refractivity contribution in [3.05, 3.63) is 63.4 Å². The molecule has 1 aromatic carbocycles. The maximum absolute atomic E-state index is 13.4. The number of fused-ring (bicyclic) bond motifs is 4. The van der Waals surface area contributed by atoms with Crippen LogP contribution in [0, 0.1) is 0 Å². The van der Waals surface area contributed by atoms with Crippen LogP contribution in [0.25, 0.3) is 22.3 Å². The van der Waals surface area contributed by atoms with Crippen molar-refractivity contribution in [2.45, 2.75) is 32.1 Å². The summed E-state index contributed by atoms with van der Waals surface area (Å²) in [5.41, 5.74) is 1.62. The Labute approximate surface area is 179 Å². The number of hydroxylamine groups is 2. The largest absolute Gasteiger partial charge is 0.391 e. The van der Waals surface area contributed by atoms with Crippen LogP contribution in [0.5, 0.6) is 0 Å². The minimum Gasteiger partial charge on any atom is -0.391 e. The number of hydrogen-bond acceptors (Lipinski definition) is 6. The molecule has 1 amide bonds. The van der Waals surface area contributed by atoms with Gasteiger partial charge in [-0.05, 0) is 24.6 Å². The summed E-state index contributed by atoms with van der Waals surface area (Å²) in [6.45, 7) is 1.62. The summed E-state index contributed by atoms with van der Waals surface area (Å²) < 4.78 is 7.31. The summed E-state index contributed by atoms with van der Waals surface area (Å²) in [5, 5.41) is 12.1. The van der Waals surface area contributed by atoms with E-state index < -0.39 is 18.1 Å². The van der Waals surface area contributed by atoms with Crippen molar-refractivity contribution in [2.24, 2.45) is 0 Å². The lowest BCUT2D eigenvalue weighted by Crippen LogP contribution is -2.47. The van der Waals surface area contributed by atoms with Gasteiger partial charge in [-0.1, -0.05) is 25.1 Å². The summed E-state index contributed by atoms with van der Waals surface area (Å²) in [6.07, 6.45) is 0.240. The highest BCUT2D eigenvalue weighted by atomic mass is 16.7. The molecule has 2 aromatic heterocycles. The normalized spacial score (nSPS) is 14.2. The summed E-state index contributed by atoms with van der Waals surface area (Å²) in [7, 11) is 4.27. The lowest BCUT2D eigenvalue weighted by Gasteiger charge is -2.34. The summed E-state index contributed by atoms with van der Waals surface area (Å²) in [5.74, 6) is -0.469. The van der Waals surface area contributed by atoms with E-state index in [4.69, 9.17) is 14.6 Å². The van der Waals surface area contributed by atoms with E-state index >= 15 is 0 Å². The van der Waals surface area contributed by atoms with Gasteiger partial charge in [-0.2, -0.15) is 0 Å². The molecule has 1 aliphatic heterocycles. The molecule has 0 saturated heterocycles. The standard InChI is InChI=1S/C23H25N3O5/c1-5-23(30-3,22(29)25(2)31-4)17-11-19-20-15(12-26(19)21(28)16(17)13-27)10-14-8-6-7-9-18(14)24-20/h6-11,27H,5,12-13H2,1-4H3. The van der Waals surface area contributed by atoms with Crippen molar-refractivity contribution in [1.29, 1.82) is 0 Å². The molecular weight excluding hydrogens is 398 g/mol. The van der Waals surface area contributed by atoms with E-state index in [0.29, 0.717) is 23.5 Å². The Kier molecular flexibility index (Phi) is 5.38. The van der Waals surface area contributed by atoms with E-state index in [-0.39, 0.29) is 17.5 Å². The number of amides is 1. The minimum absolute atomic E-state index is 0.127. The molecule has 0 bridgehead atoms. The van der Waals surface area contributed by atoms with Gasteiger partial charge in [0.1, 0.15) is 0 Å². The minimum atomic E-state index is -1.49. The van der Waals surface area contributed by atoms with Crippen LogP contribution < -0.4 is 5.56 Å². The van der Waals surface area contributed by atoms with E-state index in [0.717, 1.165) is 21.5 Å². The predicted molar refractivity (Wildman–Crippen MR) is 115 cm³/mol. The first-order valence-electron chi connectivity index (χ1n) is 10.1. The predicted octanol–water partition coefficient (Wildman–Crippen LogP) is 2.19. The average Bonchev–Trinajstić information content (AvgIpc) is 3.16. The molecule has 3 aromatic rings. The van der Waals surface area contributed by atoms with Crippen LogP contribution in [-0.2, 0) is 33.1 Å². The zero-order valence-electron chi connectivity index (χ0n) is 18.0. The van der Waals surface area contributed by atoms with Crippen LogP contribution in [0.1, 0.15) is 30.0 Å². The first-order valence-corrected chi connectivity index (χ1v) is 10.1. The second kappa shape index (κ2) is 7.88. The molecule has 0 saturated carbocycles. The molecule has 1 N–H and O–H groups in total. The number of likely N-dealkylation sites (N-methyl/N-ethyl adjacent to an activating group) is 1.